The van der Waals surface area contributed by atoms with E-state index in [1.54, 1.807) is 0 Å². The van der Waals surface area contributed by atoms with Gasteiger partial charge in [0.1, 0.15) is 0 Å². The van der Waals surface area contributed by atoms with E-state index in [0.717, 1.165) is 0 Å². The van der Waals surface area contributed by atoms with Crippen LogP contribution in [0.5, 0.6) is 0 Å². The first-order valence-electron chi connectivity index (χ1n) is 0.628. The fourth-order valence-corrected chi connectivity index (χ4v) is 0. The van der Waals surface area contributed by atoms with Gasteiger partial charge in [-0.2, -0.15) is 0 Å². The molecule has 0 amide bonds. The van der Waals surface area contributed by atoms with Crippen LogP contribution in [0.1, 0.15) is 0 Å². The van der Waals surface area contributed by atoms with Crippen molar-refractivity contribution in [3.05, 3.63) is 0 Å². The molecule has 22 valence electrons. The van der Waals surface area contributed by atoms with Gasteiger partial charge in [0.25, 0.3) is 0 Å². The van der Waals surface area contributed by atoms with Gasteiger partial charge in [0.05, 0.1) is 0 Å². The van der Waals surface area contributed by atoms with Crippen LogP contribution in [0.25, 0.3) is 0 Å². The second-order valence-corrected chi connectivity index (χ2v) is 0.982. The summed E-state index contributed by atoms with van der Waals surface area (Å²) in [4.78, 5) is 4.82. The molecular weight excluding hydrogens is 184 g/mol. The van der Waals surface area contributed by atoms with Crippen molar-refractivity contribution in [2.45, 2.75) is 0 Å². The summed E-state index contributed by atoms with van der Waals surface area (Å²) >= 11 is 5.68. The summed E-state index contributed by atoms with van der Waals surface area (Å²) in [5.41, 5.74) is 0. The maximum Gasteiger partial charge on any atom is 0.0115 e. The smallest absolute Gasteiger partial charge is 0.0115 e. The van der Waals surface area contributed by atoms with Gasteiger partial charge in [-0.05, 0) is 9.66 Å². The normalized spacial score (nSPS) is 3.50. The summed E-state index contributed by atoms with van der Waals surface area (Å²) in [6, 6.07) is 0. The largest absolute Gasteiger partial charge is 0.0115 e. The lowest BCUT2D eigenvalue weighted by atomic mass is 11.4. The van der Waals surface area contributed by atoms with Crippen molar-refractivity contribution in [1.29, 1.82) is 0 Å². The predicted molar refractivity (Wildman–Crippen MR) is 25.6 cm³/mol. The highest BCUT2D eigenvalue weighted by molar-refractivity contribution is 9.14. The first-order valence-corrected chi connectivity index (χ1v) is 2.21. The minimum atomic E-state index is 2.41. The highest BCUT2D eigenvalue weighted by Gasteiger charge is 1.33. The molecule has 0 aliphatic carbocycles. The molecule has 0 aromatic carbocycles. The Balaban J connectivity index is 2.83. The van der Waals surface area contributed by atoms with E-state index in [1.165, 1.54) is 0 Å². The van der Waals surface area contributed by atoms with Crippen LogP contribution in [-0.4, -0.2) is 0 Å². The number of hydrogen-bond acceptors (Lipinski definition) is 0. The molecule has 0 aliphatic rings. The molecule has 0 unspecified atom stereocenters. The monoisotopic (exact) mass is 182 g/mol. The van der Waals surface area contributed by atoms with E-state index < -0.39 is 0 Å². The molecule has 4 heavy (non-hydrogen) atoms. The van der Waals surface area contributed by atoms with Crippen LogP contribution in [-0.2, 0) is 0 Å². The van der Waals surface area contributed by atoms with Gasteiger partial charge in [0, 0.05) is 31.9 Å². The molecule has 0 rings (SSSR count). The van der Waals surface area contributed by atoms with Crippen molar-refractivity contribution in [2.75, 3.05) is 0 Å². The van der Waals surface area contributed by atoms with Crippen LogP contribution in [0.15, 0.2) is 0 Å². The molecule has 0 atom stereocenters. The standard InChI is InChI=1S/C2Br2/c3-1-2-4. The molecule has 0 radical (unpaired) electrons. The number of rotatable bonds is 0. The second-order valence-electron chi connectivity index (χ2n) is 0.189. The topological polar surface area (TPSA) is 0 Å². The van der Waals surface area contributed by atoms with Crippen LogP contribution < -0.4 is 0 Å². The van der Waals surface area contributed by atoms with E-state index in [4.69, 9.17) is 0 Å². The third-order valence-electron chi connectivity index (χ3n) is 0.0357. The third-order valence-corrected chi connectivity index (χ3v) is 0.964. The average Bonchev–Trinajstić information content (AvgIpc) is 1.37. The summed E-state index contributed by atoms with van der Waals surface area (Å²) in [7, 11) is 0. The van der Waals surface area contributed by atoms with Gasteiger partial charge in [0.15, 0.2) is 0 Å². The predicted octanol–water partition coefficient (Wildman–Crippen LogP) is 1.69. The molecule has 0 aromatic heterocycles. The fraction of sp³-hybridized carbons (Fsp3) is 0. The SMILES string of the molecule is BrC#CBr. The Morgan fingerprint density at radius 1 is 1.00 bits per heavy atom. The second kappa shape index (κ2) is 3.52. The van der Waals surface area contributed by atoms with Crippen molar-refractivity contribution in [3.63, 3.8) is 0 Å². The minimum absolute atomic E-state index is 2.41. The molecule has 0 bridgehead atoms. The summed E-state index contributed by atoms with van der Waals surface area (Å²) in [6.07, 6.45) is 0. The van der Waals surface area contributed by atoms with Crippen molar-refractivity contribution in [3.8, 4) is 9.66 Å². The number of hydrogen-bond donors (Lipinski definition) is 0. The molecule has 0 heterocycles. The van der Waals surface area contributed by atoms with Gasteiger partial charge in [-0.15, -0.1) is 0 Å². The van der Waals surface area contributed by atoms with Crippen LogP contribution in [0, 0.1) is 9.66 Å². The Labute approximate surface area is 41.8 Å². The maximum absolute atomic E-state index is 2.84. The zero-order valence-corrected chi connectivity index (χ0v) is 4.93. The molecule has 0 aliphatic heterocycles. The number of halogens is 2. The zero-order chi connectivity index (χ0) is 3.41. The van der Waals surface area contributed by atoms with Crippen molar-refractivity contribution in [1.82, 2.24) is 0 Å². The van der Waals surface area contributed by atoms with Gasteiger partial charge in [-0.25, -0.2) is 0 Å². The van der Waals surface area contributed by atoms with Gasteiger partial charge in [0.2, 0.25) is 0 Å². The third kappa shape index (κ3) is 2.52. The zero-order valence-electron chi connectivity index (χ0n) is 1.76. The van der Waals surface area contributed by atoms with E-state index in [0.29, 0.717) is 0 Å². The molecule has 2 heteroatoms. The summed E-state index contributed by atoms with van der Waals surface area (Å²) in [6.45, 7) is 0. The lowest BCUT2D eigenvalue weighted by molar-refractivity contribution is 3.14. The lowest BCUT2D eigenvalue weighted by Gasteiger charge is -1.33. The van der Waals surface area contributed by atoms with Crippen LogP contribution >= 0.6 is 31.9 Å². The molecule has 0 spiro atoms. The maximum atomic E-state index is 2.84. The van der Waals surface area contributed by atoms with E-state index in [-0.39, 0.29) is 0 Å². The Hall–Kier alpha value is 0.520. The molecule has 0 N–H and O–H groups in total. The lowest BCUT2D eigenvalue weighted by Crippen LogP contribution is -1.09. The average molecular weight is 184 g/mol. The van der Waals surface area contributed by atoms with Gasteiger partial charge in [-0.1, -0.05) is 0 Å². The van der Waals surface area contributed by atoms with E-state index in [1.807, 2.05) is 0 Å². The minimum Gasteiger partial charge on any atom is -0.0115 e. The summed E-state index contributed by atoms with van der Waals surface area (Å²) < 4.78 is 0. The van der Waals surface area contributed by atoms with Crippen LogP contribution in [0.3, 0.4) is 0 Å². The summed E-state index contributed by atoms with van der Waals surface area (Å²) in [5.74, 6) is 0. The molecule has 0 fully saturated rings. The van der Waals surface area contributed by atoms with Crippen LogP contribution in [0.2, 0.25) is 0 Å². The van der Waals surface area contributed by atoms with Crippen molar-refractivity contribution < 1.29 is 0 Å². The Morgan fingerprint density at radius 2 is 1.25 bits per heavy atom. The molecule has 0 saturated carbocycles. The van der Waals surface area contributed by atoms with E-state index in [9.17, 15) is 0 Å². The Bertz CT molecular complexity index is 40.8. The quantitative estimate of drug-likeness (QED) is 0.502. The highest BCUT2D eigenvalue weighted by atomic mass is 79.9. The first-order chi connectivity index (χ1) is 1.91. The molecule has 0 aromatic rings. The van der Waals surface area contributed by atoms with Crippen molar-refractivity contribution in [2.24, 2.45) is 0 Å². The van der Waals surface area contributed by atoms with Gasteiger partial charge in [-0.3, -0.25) is 0 Å². The van der Waals surface area contributed by atoms with Crippen LogP contribution in [0.4, 0.5) is 0 Å². The van der Waals surface area contributed by atoms with Crippen molar-refractivity contribution >= 4 is 31.9 Å². The first kappa shape index (κ1) is 4.52. The molecule has 0 saturated heterocycles. The summed E-state index contributed by atoms with van der Waals surface area (Å²) in [5, 5.41) is 0. The van der Waals surface area contributed by atoms with E-state index >= 15 is 0 Å². The highest BCUT2D eigenvalue weighted by Crippen LogP contribution is 1.72. The molecule has 0 nitrogen and oxygen atoms in total. The van der Waals surface area contributed by atoms with Gasteiger partial charge >= 0.3 is 0 Å². The fourth-order valence-electron chi connectivity index (χ4n) is 0. The van der Waals surface area contributed by atoms with E-state index in [2.05, 4.69) is 41.5 Å². The Kier molecular flexibility index (Phi) is 3.98. The Morgan fingerprint density at radius 3 is 1.25 bits per heavy atom. The molecular formula is C2Br2. The van der Waals surface area contributed by atoms with Gasteiger partial charge < -0.3 is 0 Å².